The van der Waals surface area contributed by atoms with Crippen molar-refractivity contribution in [3.8, 4) is 11.6 Å². The van der Waals surface area contributed by atoms with Gasteiger partial charge in [-0.05, 0) is 18.2 Å². The normalized spacial score (nSPS) is 17.4. The first kappa shape index (κ1) is 17.2. The molecule has 0 radical (unpaired) electrons. The number of benzene rings is 1. The summed E-state index contributed by atoms with van der Waals surface area (Å²) in [5, 5.41) is 5.42. The molecule has 0 aliphatic carbocycles. The molecule has 4 heterocycles. The fourth-order valence-electron chi connectivity index (χ4n) is 4.12. The molecule has 28 heavy (non-hydrogen) atoms. The van der Waals surface area contributed by atoms with Gasteiger partial charge in [0, 0.05) is 57.5 Å². The van der Waals surface area contributed by atoms with E-state index in [4.69, 9.17) is 9.47 Å². The van der Waals surface area contributed by atoms with Gasteiger partial charge in [0.25, 0.3) is 5.91 Å². The Hall–Kier alpha value is -2.96. The third kappa shape index (κ3) is 2.91. The van der Waals surface area contributed by atoms with E-state index in [0.717, 1.165) is 42.5 Å². The lowest BCUT2D eigenvalue weighted by molar-refractivity contribution is 0.0592. The highest BCUT2D eigenvalue weighted by atomic mass is 16.5. The molecule has 0 bridgehead atoms. The molecule has 0 N–H and O–H groups in total. The number of hydrogen-bond acceptors (Lipinski definition) is 4. The second-order valence-corrected chi connectivity index (χ2v) is 7.51. The molecule has 0 unspecified atom stereocenters. The molecule has 1 saturated heterocycles. The van der Waals surface area contributed by atoms with Crippen molar-refractivity contribution < 1.29 is 14.3 Å². The molecule has 2 aliphatic rings. The minimum Gasteiger partial charge on any atom is -0.490 e. The highest BCUT2D eigenvalue weighted by molar-refractivity contribution is 5.96. The lowest BCUT2D eigenvalue weighted by Gasteiger charge is -2.32. The van der Waals surface area contributed by atoms with Gasteiger partial charge in [0.15, 0.2) is 0 Å². The Morgan fingerprint density at radius 2 is 2.07 bits per heavy atom. The van der Waals surface area contributed by atoms with Crippen LogP contribution in [0.4, 0.5) is 0 Å². The van der Waals surface area contributed by atoms with Crippen molar-refractivity contribution in [3.63, 3.8) is 0 Å². The Morgan fingerprint density at radius 3 is 2.93 bits per heavy atom. The zero-order chi connectivity index (χ0) is 19.1. The summed E-state index contributed by atoms with van der Waals surface area (Å²) in [7, 11) is 2.04. The van der Waals surface area contributed by atoms with Gasteiger partial charge in [-0.3, -0.25) is 4.79 Å². The summed E-state index contributed by atoms with van der Waals surface area (Å²) in [5.74, 6) is 1.54. The zero-order valence-corrected chi connectivity index (χ0v) is 16.0. The van der Waals surface area contributed by atoms with Crippen molar-refractivity contribution >= 4 is 16.8 Å². The number of aromatic nitrogens is 3. The maximum Gasteiger partial charge on any atom is 0.260 e. The molecule has 0 spiro atoms. The molecule has 1 amide bonds. The van der Waals surface area contributed by atoms with E-state index >= 15 is 0 Å². The fraction of sp³-hybridized carbons (Fsp3) is 0.429. The summed E-state index contributed by atoms with van der Waals surface area (Å²) in [6.45, 7) is 2.81. The summed E-state index contributed by atoms with van der Waals surface area (Å²) in [6, 6.07) is 8.24. The summed E-state index contributed by atoms with van der Waals surface area (Å²) in [5.41, 5.74) is 1.74. The van der Waals surface area contributed by atoms with Crippen LogP contribution in [0.3, 0.4) is 0 Å². The molecule has 146 valence electrons. The van der Waals surface area contributed by atoms with Gasteiger partial charge < -0.3 is 18.9 Å². The van der Waals surface area contributed by atoms with Gasteiger partial charge in [-0.2, -0.15) is 5.10 Å². The maximum absolute atomic E-state index is 12.9. The van der Waals surface area contributed by atoms with Crippen LogP contribution >= 0.6 is 0 Å². The van der Waals surface area contributed by atoms with Gasteiger partial charge in [0.05, 0.1) is 18.3 Å². The number of amides is 1. The van der Waals surface area contributed by atoms with Crippen LogP contribution in [0.5, 0.6) is 11.6 Å². The zero-order valence-electron chi connectivity index (χ0n) is 16.0. The summed E-state index contributed by atoms with van der Waals surface area (Å²) >= 11 is 0. The minimum absolute atomic E-state index is 0.00626. The Balaban J connectivity index is 1.25. The van der Waals surface area contributed by atoms with Crippen molar-refractivity contribution in [1.82, 2.24) is 19.2 Å². The molecule has 3 aromatic rings. The van der Waals surface area contributed by atoms with Gasteiger partial charge in [-0.25, -0.2) is 4.68 Å². The predicted octanol–water partition coefficient (Wildman–Crippen LogP) is 2.84. The van der Waals surface area contributed by atoms with Gasteiger partial charge >= 0.3 is 0 Å². The van der Waals surface area contributed by atoms with Crippen LogP contribution in [-0.4, -0.2) is 51.0 Å². The number of aryl methyl sites for hydroxylation is 2. The molecule has 1 aromatic carbocycles. The van der Waals surface area contributed by atoms with E-state index in [1.165, 1.54) is 0 Å². The fourth-order valence-corrected chi connectivity index (χ4v) is 4.12. The first-order valence-electron chi connectivity index (χ1n) is 9.89. The third-order valence-electron chi connectivity index (χ3n) is 5.69. The van der Waals surface area contributed by atoms with Crippen molar-refractivity contribution in [2.75, 3.05) is 19.7 Å². The van der Waals surface area contributed by atoms with Gasteiger partial charge in [-0.1, -0.05) is 6.07 Å². The standard InChI is InChI=1S/C21H24N4O3/c1-23-10-8-16-18(23)4-2-5-19(16)28-15-6-11-24(12-7-15)20(26)17-14-22-25-9-3-13-27-21(17)25/h2,4-5,8,10,14-15H,3,6-7,9,11-13H2,1H3. The summed E-state index contributed by atoms with van der Waals surface area (Å²) in [6.07, 6.45) is 6.37. The van der Waals surface area contributed by atoms with Crippen LogP contribution < -0.4 is 9.47 Å². The lowest BCUT2D eigenvalue weighted by atomic mass is 10.1. The number of hydrogen-bond donors (Lipinski definition) is 0. The molecule has 0 atom stereocenters. The molecule has 0 saturated carbocycles. The molecular formula is C21H24N4O3. The van der Waals surface area contributed by atoms with E-state index in [1.54, 1.807) is 10.9 Å². The molecule has 2 aromatic heterocycles. The van der Waals surface area contributed by atoms with Crippen molar-refractivity contribution in [2.45, 2.75) is 31.9 Å². The predicted molar refractivity (Wildman–Crippen MR) is 105 cm³/mol. The van der Waals surface area contributed by atoms with Gasteiger partial charge in [0.2, 0.25) is 5.88 Å². The quantitative estimate of drug-likeness (QED) is 0.701. The summed E-state index contributed by atoms with van der Waals surface area (Å²) < 4.78 is 15.9. The SMILES string of the molecule is Cn1ccc2c(OC3CCN(C(=O)c4cnn5c4OCCC5)CC3)cccc21. The summed E-state index contributed by atoms with van der Waals surface area (Å²) in [4.78, 5) is 14.8. The smallest absolute Gasteiger partial charge is 0.260 e. The largest absolute Gasteiger partial charge is 0.490 e. The van der Waals surface area contributed by atoms with Crippen LogP contribution in [0, 0.1) is 0 Å². The van der Waals surface area contributed by atoms with Crippen molar-refractivity contribution in [3.05, 3.63) is 42.2 Å². The number of nitrogens with zero attached hydrogens (tertiary/aromatic N) is 4. The van der Waals surface area contributed by atoms with Crippen LogP contribution in [-0.2, 0) is 13.6 Å². The third-order valence-corrected chi connectivity index (χ3v) is 5.69. The average Bonchev–Trinajstić information content (AvgIpc) is 3.33. The van der Waals surface area contributed by atoms with Crippen LogP contribution in [0.15, 0.2) is 36.7 Å². The Labute approximate surface area is 163 Å². The number of piperidine rings is 1. The number of rotatable bonds is 3. The van der Waals surface area contributed by atoms with Crippen LogP contribution in [0.2, 0.25) is 0 Å². The second-order valence-electron chi connectivity index (χ2n) is 7.51. The Morgan fingerprint density at radius 1 is 1.21 bits per heavy atom. The van der Waals surface area contributed by atoms with E-state index in [0.29, 0.717) is 31.1 Å². The number of carbonyl (C=O) groups excluding carboxylic acids is 1. The van der Waals surface area contributed by atoms with Crippen molar-refractivity contribution in [1.29, 1.82) is 0 Å². The molecular weight excluding hydrogens is 356 g/mol. The number of ether oxygens (including phenoxy) is 2. The monoisotopic (exact) mass is 380 g/mol. The topological polar surface area (TPSA) is 61.5 Å². The molecule has 2 aliphatic heterocycles. The first-order valence-corrected chi connectivity index (χ1v) is 9.89. The van der Waals surface area contributed by atoms with Gasteiger partial charge in [0.1, 0.15) is 17.4 Å². The highest BCUT2D eigenvalue weighted by Gasteiger charge is 2.29. The highest BCUT2D eigenvalue weighted by Crippen LogP contribution is 2.30. The Bertz CT molecular complexity index is 1010. The maximum atomic E-state index is 12.9. The molecule has 7 nitrogen and oxygen atoms in total. The minimum atomic E-state index is 0.00626. The number of likely N-dealkylation sites (tertiary alicyclic amines) is 1. The average molecular weight is 380 g/mol. The van der Waals surface area contributed by atoms with Crippen LogP contribution in [0.1, 0.15) is 29.6 Å². The van der Waals surface area contributed by atoms with Gasteiger partial charge in [-0.15, -0.1) is 0 Å². The number of fused-ring (bicyclic) bond motifs is 2. The molecule has 1 fully saturated rings. The number of carbonyl (C=O) groups is 1. The molecule has 5 rings (SSSR count). The van der Waals surface area contributed by atoms with Crippen molar-refractivity contribution in [2.24, 2.45) is 7.05 Å². The van der Waals surface area contributed by atoms with E-state index < -0.39 is 0 Å². The van der Waals surface area contributed by atoms with E-state index in [2.05, 4.69) is 21.8 Å². The van der Waals surface area contributed by atoms with E-state index in [9.17, 15) is 4.79 Å². The first-order chi connectivity index (χ1) is 13.7. The second kappa shape index (κ2) is 6.89. The molecule has 7 heteroatoms. The van der Waals surface area contributed by atoms with E-state index in [-0.39, 0.29) is 12.0 Å². The van der Waals surface area contributed by atoms with E-state index in [1.807, 2.05) is 30.3 Å². The lowest BCUT2D eigenvalue weighted by Crippen LogP contribution is -2.41. The van der Waals surface area contributed by atoms with Crippen LogP contribution in [0.25, 0.3) is 10.9 Å². The Kier molecular flexibility index (Phi) is 4.22.